The van der Waals surface area contributed by atoms with Gasteiger partial charge in [-0.1, -0.05) is 21.1 Å². The monoisotopic (exact) mass is 339 g/mol. The van der Waals surface area contributed by atoms with Crippen LogP contribution < -0.4 is 10.6 Å². The van der Waals surface area contributed by atoms with Crippen LogP contribution in [0.15, 0.2) is 39.5 Å². The highest BCUT2D eigenvalue weighted by Gasteiger charge is 2.13. The van der Waals surface area contributed by atoms with E-state index >= 15 is 0 Å². The Kier molecular flexibility index (Phi) is 4.36. The van der Waals surface area contributed by atoms with Crippen LogP contribution in [0.2, 0.25) is 0 Å². The highest BCUT2D eigenvalue weighted by Crippen LogP contribution is 2.21. The zero-order chi connectivity index (χ0) is 14.5. The van der Waals surface area contributed by atoms with Crippen molar-refractivity contribution in [3.05, 3.63) is 46.3 Å². The summed E-state index contributed by atoms with van der Waals surface area (Å²) in [5, 5.41) is 17.6. The van der Waals surface area contributed by atoms with E-state index in [1.807, 2.05) is 0 Å². The van der Waals surface area contributed by atoms with Crippen LogP contribution in [-0.2, 0) is 6.54 Å². The first-order chi connectivity index (χ1) is 9.56. The fraction of sp³-hybridized carbons (Fsp3) is 0.0833. The molecule has 0 saturated heterocycles. The molecule has 2 amide bonds. The smallest absolute Gasteiger partial charge is 0.337 e. The molecule has 1 heterocycles. The van der Waals surface area contributed by atoms with Gasteiger partial charge in [-0.2, -0.15) is 0 Å². The molecule has 0 aliphatic heterocycles. The number of hydrogen-bond donors (Lipinski definition) is 3. The van der Waals surface area contributed by atoms with E-state index in [-0.39, 0.29) is 17.8 Å². The Morgan fingerprint density at radius 1 is 1.35 bits per heavy atom. The quantitative estimate of drug-likeness (QED) is 0.793. The number of halogens is 1. The van der Waals surface area contributed by atoms with Gasteiger partial charge in [0.15, 0.2) is 5.76 Å². The van der Waals surface area contributed by atoms with Crippen molar-refractivity contribution in [2.45, 2.75) is 6.54 Å². The Bertz CT molecular complexity index is 628. The molecule has 0 spiro atoms. The van der Waals surface area contributed by atoms with Gasteiger partial charge in [0.2, 0.25) is 0 Å². The first-order valence-corrected chi connectivity index (χ1v) is 6.33. The Hall–Kier alpha value is -2.35. The Balaban J connectivity index is 2.02. The van der Waals surface area contributed by atoms with E-state index in [9.17, 15) is 9.59 Å². The SMILES string of the molecule is O=C(NCc1ccno1)Nc1ccc(Br)cc1C(=O)O. The normalized spacial score (nSPS) is 10.1. The molecule has 8 heteroatoms. The lowest BCUT2D eigenvalue weighted by Crippen LogP contribution is -2.28. The maximum atomic E-state index is 11.7. The zero-order valence-corrected chi connectivity index (χ0v) is 11.7. The van der Waals surface area contributed by atoms with Crippen molar-refractivity contribution < 1.29 is 19.2 Å². The van der Waals surface area contributed by atoms with E-state index < -0.39 is 12.0 Å². The fourth-order valence-electron chi connectivity index (χ4n) is 1.47. The van der Waals surface area contributed by atoms with Gasteiger partial charge in [-0.15, -0.1) is 0 Å². The largest absolute Gasteiger partial charge is 0.478 e. The molecule has 2 rings (SSSR count). The predicted molar refractivity (Wildman–Crippen MR) is 73.5 cm³/mol. The van der Waals surface area contributed by atoms with Crippen LogP contribution in [0.1, 0.15) is 16.1 Å². The highest BCUT2D eigenvalue weighted by atomic mass is 79.9. The average molecular weight is 340 g/mol. The van der Waals surface area contributed by atoms with Crippen LogP contribution in [-0.4, -0.2) is 22.3 Å². The minimum atomic E-state index is -1.13. The van der Waals surface area contributed by atoms with E-state index in [1.54, 1.807) is 12.1 Å². The Labute approximate surface area is 122 Å². The molecule has 1 aromatic carbocycles. The first kappa shape index (κ1) is 14.1. The van der Waals surface area contributed by atoms with Gasteiger partial charge in [0.25, 0.3) is 0 Å². The summed E-state index contributed by atoms with van der Waals surface area (Å²) in [6, 6.07) is 5.63. The van der Waals surface area contributed by atoms with Gasteiger partial charge >= 0.3 is 12.0 Å². The summed E-state index contributed by atoms with van der Waals surface area (Å²) in [6.07, 6.45) is 1.46. The molecule has 0 fully saturated rings. The first-order valence-electron chi connectivity index (χ1n) is 5.53. The van der Waals surface area contributed by atoms with Crippen LogP contribution >= 0.6 is 15.9 Å². The van der Waals surface area contributed by atoms with Gasteiger partial charge < -0.3 is 20.3 Å². The average Bonchev–Trinajstić information content (AvgIpc) is 2.91. The van der Waals surface area contributed by atoms with Gasteiger partial charge in [-0.3, -0.25) is 0 Å². The van der Waals surface area contributed by atoms with Gasteiger partial charge in [0, 0.05) is 10.5 Å². The molecule has 0 saturated carbocycles. The van der Waals surface area contributed by atoms with E-state index in [2.05, 4.69) is 31.7 Å². The van der Waals surface area contributed by atoms with E-state index in [4.69, 9.17) is 9.63 Å². The molecule has 20 heavy (non-hydrogen) atoms. The van der Waals surface area contributed by atoms with Crippen molar-refractivity contribution in [3.63, 3.8) is 0 Å². The molecule has 104 valence electrons. The van der Waals surface area contributed by atoms with Gasteiger partial charge in [0.1, 0.15) is 0 Å². The van der Waals surface area contributed by atoms with E-state index in [0.717, 1.165) is 0 Å². The second-order valence-electron chi connectivity index (χ2n) is 3.78. The molecular formula is C12H10BrN3O4. The number of rotatable bonds is 4. The maximum absolute atomic E-state index is 11.7. The Morgan fingerprint density at radius 2 is 2.15 bits per heavy atom. The molecule has 0 atom stereocenters. The molecule has 0 unspecified atom stereocenters. The number of carbonyl (C=O) groups excluding carboxylic acids is 1. The number of carboxylic acid groups (broad SMARTS) is 1. The van der Waals surface area contributed by atoms with Crippen molar-refractivity contribution >= 4 is 33.6 Å². The van der Waals surface area contributed by atoms with Crippen LogP contribution in [0, 0.1) is 0 Å². The summed E-state index contributed by atoms with van der Waals surface area (Å²) >= 11 is 3.18. The lowest BCUT2D eigenvalue weighted by atomic mass is 10.2. The summed E-state index contributed by atoms with van der Waals surface area (Å²) in [5.41, 5.74) is 0.199. The number of nitrogens with zero attached hydrogens (tertiary/aromatic N) is 1. The second-order valence-corrected chi connectivity index (χ2v) is 4.70. The summed E-state index contributed by atoms with van der Waals surface area (Å²) in [5.74, 6) is -0.633. The molecule has 3 N–H and O–H groups in total. The van der Waals surface area contributed by atoms with Crippen LogP contribution in [0.3, 0.4) is 0 Å². The lowest BCUT2D eigenvalue weighted by molar-refractivity contribution is 0.0698. The molecule has 7 nitrogen and oxygen atoms in total. The van der Waals surface area contributed by atoms with E-state index in [0.29, 0.717) is 10.2 Å². The summed E-state index contributed by atoms with van der Waals surface area (Å²) in [6.45, 7) is 0.158. The predicted octanol–water partition coefficient (Wildman–Crippen LogP) is 2.46. The number of aromatic nitrogens is 1. The third kappa shape index (κ3) is 3.58. The third-order valence-corrected chi connectivity index (χ3v) is 2.87. The number of nitrogens with one attached hydrogen (secondary N) is 2. The third-order valence-electron chi connectivity index (χ3n) is 2.37. The van der Waals surface area contributed by atoms with Crippen LogP contribution in [0.4, 0.5) is 10.5 Å². The molecule has 0 radical (unpaired) electrons. The second kappa shape index (κ2) is 6.20. The molecule has 0 aliphatic carbocycles. The molecule has 0 bridgehead atoms. The van der Waals surface area contributed by atoms with Crippen LogP contribution in [0.5, 0.6) is 0 Å². The summed E-state index contributed by atoms with van der Waals surface area (Å²) in [4.78, 5) is 22.8. The standard InChI is InChI=1S/C12H10BrN3O4/c13-7-1-2-10(9(5-7)11(17)18)16-12(19)14-6-8-3-4-15-20-8/h1-5H,6H2,(H,17,18)(H2,14,16,19). The van der Waals surface area contributed by atoms with E-state index in [1.165, 1.54) is 18.3 Å². The zero-order valence-electron chi connectivity index (χ0n) is 10.1. The Morgan fingerprint density at radius 3 is 2.80 bits per heavy atom. The molecular weight excluding hydrogens is 330 g/mol. The summed E-state index contributed by atoms with van der Waals surface area (Å²) in [7, 11) is 0. The molecule has 2 aromatic rings. The number of hydrogen-bond acceptors (Lipinski definition) is 4. The van der Waals surface area contributed by atoms with Crippen molar-refractivity contribution in [2.24, 2.45) is 0 Å². The number of urea groups is 1. The number of anilines is 1. The van der Waals surface area contributed by atoms with Gasteiger partial charge in [-0.25, -0.2) is 9.59 Å². The topological polar surface area (TPSA) is 104 Å². The van der Waals surface area contributed by atoms with Gasteiger partial charge in [0.05, 0.1) is 24.0 Å². The molecule has 0 aliphatic rings. The fourth-order valence-corrected chi connectivity index (χ4v) is 1.83. The number of aromatic carboxylic acids is 1. The van der Waals surface area contributed by atoms with Crippen molar-refractivity contribution in [1.82, 2.24) is 10.5 Å². The van der Waals surface area contributed by atoms with Gasteiger partial charge in [-0.05, 0) is 18.2 Å². The summed E-state index contributed by atoms with van der Waals surface area (Å²) < 4.78 is 5.43. The number of amides is 2. The van der Waals surface area contributed by atoms with Crippen molar-refractivity contribution in [2.75, 3.05) is 5.32 Å². The number of carbonyl (C=O) groups is 2. The lowest BCUT2D eigenvalue weighted by Gasteiger charge is -2.09. The van der Waals surface area contributed by atoms with Crippen LogP contribution in [0.25, 0.3) is 0 Å². The minimum Gasteiger partial charge on any atom is -0.478 e. The van der Waals surface area contributed by atoms with Crippen molar-refractivity contribution in [3.8, 4) is 0 Å². The molecule has 1 aromatic heterocycles. The van der Waals surface area contributed by atoms with Crippen molar-refractivity contribution in [1.29, 1.82) is 0 Å². The number of benzene rings is 1. The maximum Gasteiger partial charge on any atom is 0.337 e. The number of carboxylic acids is 1. The minimum absolute atomic E-state index is 0.00538. The highest BCUT2D eigenvalue weighted by molar-refractivity contribution is 9.10.